The highest BCUT2D eigenvalue weighted by Gasteiger charge is 2.14. The normalized spacial score (nSPS) is 10.9. The predicted molar refractivity (Wildman–Crippen MR) is 115 cm³/mol. The molecule has 1 aromatic heterocycles. The Bertz CT molecular complexity index is 1210. The molecule has 0 amide bonds. The minimum Gasteiger partial charge on any atom is -0.504 e. The number of benzene rings is 3. The molecule has 0 aliphatic carbocycles. The van der Waals surface area contributed by atoms with E-state index >= 15 is 0 Å². The van der Waals surface area contributed by atoms with Crippen molar-refractivity contribution in [1.82, 2.24) is 10.2 Å². The Morgan fingerprint density at radius 1 is 0.897 bits per heavy atom. The second-order valence-electron chi connectivity index (χ2n) is 6.68. The number of carbonyl (C=O) groups excluding carboxylic acids is 1. The monoisotopic (exact) mass is 402 g/mol. The van der Waals surface area contributed by atoms with Crippen molar-refractivity contribution in [2.45, 2.75) is 11.9 Å². The van der Waals surface area contributed by atoms with Gasteiger partial charge in [-0.2, -0.15) is 0 Å². The van der Waals surface area contributed by atoms with Crippen molar-refractivity contribution < 1.29 is 15.0 Å². The fourth-order valence-electron chi connectivity index (χ4n) is 3.02. The van der Waals surface area contributed by atoms with E-state index in [4.69, 9.17) is 0 Å². The van der Waals surface area contributed by atoms with E-state index in [9.17, 15) is 15.0 Å². The van der Waals surface area contributed by atoms with Crippen molar-refractivity contribution >= 4 is 28.3 Å². The zero-order valence-corrected chi connectivity index (χ0v) is 16.5. The van der Waals surface area contributed by atoms with E-state index in [2.05, 4.69) is 10.2 Å². The number of carbonyl (C=O) groups is 1. The van der Waals surface area contributed by atoms with E-state index in [0.717, 1.165) is 22.0 Å². The van der Waals surface area contributed by atoms with E-state index in [0.29, 0.717) is 10.6 Å². The number of aromatic hydroxyl groups is 2. The lowest BCUT2D eigenvalue weighted by Gasteiger charge is -2.09. The number of hydrogen-bond acceptors (Lipinski definition) is 6. The Labute approximate surface area is 172 Å². The van der Waals surface area contributed by atoms with E-state index in [-0.39, 0.29) is 23.0 Å². The van der Waals surface area contributed by atoms with Crippen LogP contribution in [0.4, 0.5) is 0 Å². The Hall–Kier alpha value is -3.38. The summed E-state index contributed by atoms with van der Waals surface area (Å²) >= 11 is 1.30. The summed E-state index contributed by atoms with van der Waals surface area (Å²) in [7, 11) is 0. The van der Waals surface area contributed by atoms with Crippen LogP contribution in [-0.4, -0.2) is 31.9 Å². The first-order valence-electron chi connectivity index (χ1n) is 9.03. The molecule has 5 nitrogen and oxygen atoms in total. The number of phenolic OH excluding ortho intramolecular Hbond substituents is 2. The average molecular weight is 402 g/mol. The topological polar surface area (TPSA) is 83.3 Å². The summed E-state index contributed by atoms with van der Waals surface area (Å²) in [4.78, 5) is 12.5. The van der Waals surface area contributed by atoms with Gasteiger partial charge < -0.3 is 10.2 Å². The van der Waals surface area contributed by atoms with Crippen molar-refractivity contribution in [1.29, 1.82) is 0 Å². The van der Waals surface area contributed by atoms with Crippen molar-refractivity contribution in [2.75, 3.05) is 5.75 Å². The summed E-state index contributed by atoms with van der Waals surface area (Å²) < 4.78 is 0. The Kier molecular flexibility index (Phi) is 5.18. The van der Waals surface area contributed by atoms with Gasteiger partial charge in [-0.05, 0) is 25.1 Å². The lowest BCUT2D eigenvalue weighted by molar-refractivity contribution is 0.102. The van der Waals surface area contributed by atoms with E-state index in [1.807, 2.05) is 55.5 Å². The third-order valence-electron chi connectivity index (χ3n) is 4.62. The number of aromatic nitrogens is 2. The summed E-state index contributed by atoms with van der Waals surface area (Å²) in [5.41, 5.74) is 3.31. The second-order valence-corrected chi connectivity index (χ2v) is 7.64. The molecule has 0 saturated carbocycles. The van der Waals surface area contributed by atoms with Crippen LogP contribution in [0.25, 0.3) is 22.0 Å². The van der Waals surface area contributed by atoms with Gasteiger partial charge in [0.25, 0.3) is 0 Å². The molecule has 1 heterocycles. The van der Waals surface area contributed by atoms with Crippen molar-refractivity contribution in [3.8, 4) is 22.8 Å². The zero-order valence-electron chi connectivity index (χ0n) is 15.7. The first-order chi connectivity index (χ1) is 14.0. The lowest BCUT2D eigenvalue weighted by atomic mass is 10.0. The van der Waals surface area contributed by atoms with Gasteiger partial charge >= 0.3 is 0 Å². The molecule has 0 fully saturated rings. The number of nitrogens with zero attached hydrogens (tertiary/aromatic N) is 2. The Morgan fingerprint density at radius 3 is 2.34 bits per heavy atom. The second kappa shape index (κ2) is 7.93. The molecule has 3 aromatic carbocycles. The summed E-state index contributed by atoms with van der Waals surface area (Å²) in [6, 6.07) is 20.1. The average Bonchev–Trinajstić information content (AvgIpc) is 2.74. The van der Waals surface area contributed by atoms with E-state index in [1.165, 1.54) is 35.5 Å². The van der Waals surface area contributed by atoms with Gasteiger partial charge in [0.1, 0.15) is 10.7 Å². The number of fused-ring (bicyclic) bond motifs is 1. The van der Waals surface area contributed by atoms with Gasteiger partial charge in [0.05, 0.1) is 5.75 Å². The highest BCUT2D eigenvalue weighted by molar-refractivity contribution is 8.00. The molecule has 0 atom stereocenters. The fraction of sp³-hybridized carbons (Fsp3) is 0.0870. The molecule has 0 unspecified atom stereocenters. The first kappa shape index (κ1) is 19.0. The molecular formula is C23H18N2O3S. The van der Waals surface area contributed by atoms with Gasteiger partial charge in [-0.25, -0.2) is 0 Å². The van der Waals surface area contributed by atoms with Crippen molar-refractivity contribution in [3.05, 3.63) is 77.9 Å². The Morgan fingerprint density at radius 2 is 1.62 bits per heavy atom. The summed E-state index contributed by atoms with van der Waals surface area (Å²) in [6.45, 7) is 2.04. The molecule has 4 rings (SSSR count). The molecule has 0 aliphatic rings. The maximum absolute atomic E-state index is 12.5. The van der Waals surface area contributed by atoms with Crippen LogP contribution >= 0.6 is 11.8 Å². The van der Waals surface area contributed by atoms with Gasteiger partial charge in [0.2, 0.25) is 0 Å². The summed E-state index contributed by atoms with van der Waals surface area (Å²) in [5, 5.41) is 30.4. The molecule has 0 aliphatic heterocycles. The number of thioether (sulfide) groups is 1. The van der Waals surface area contributed by atoms with Crippen LogP contribution in [0.2, 0.25) is 0 Å². The van der Waals surface area contributed by atoms with Gasteiger partial charge in [-0.3, -0.25) is 4.79 Å². The molecule has 29 heavy (non-hydrogen) atoms. The number of hydrogen-bond donors (Lipinski definition) is 2. The molecule has 2 N–H and O–H groups in total. The van der Waals surface area contributed by atoms with Gasteiger partial charge in [0.15, 0.2) is 17.3 Å². The smallest absolute Gasteiger partial charge is 0.173 e. The van der Waals surface area contributed by atoms with E-state index < -0.39 is 0 Å². The minimum absolute atomic E-state index is 0.146. The van der Waals surface area contributed by atoms with Crippen LogP contribution in [0.3, 0.4) is 0 Å². The SMILES string of the molecule is Cc1ccc(-c2nnc(SCC(=O)c3ccc(O)c(O)c3)c3ccccc23)cc1. The number of rotatable bonds is 5. The maximum atomic E-state index is 12.5. The molecule has 4 aromatic rings. The largest absolute Gasteiger partial charge is 0.504 e. The molecular weight excluding hydrogens is 384 g/mol. The number of ketones is 1. The van der Waals surface area contributed by atoms with Crippen LogP contribution < -0.4 is 0 Å². The standard InChI is InChI=1S/C23H18N2O3S/c1-14-6-8-15(9-7-14)22-17-4-2-3-5-18(17)23(25-24-22)29-13-21(28)16-10-11-19(26)20(27)12-16/h2-12,26-27H,13H2,1H3. The third-order valence-corrected chi connectivity index (χ3v) is 5.60. The third kappa shape index (κ3) is 3.93. The predicted octanol–water partition coefficient (Wildman–Crippen LogP) is 4.99. The highest BCUT2D eigenvalue weighted by atomic mass is 32.2. The van der Waals surface area contributed by atoms with Gasteiger partial charge in [0, 0.05) is 21.9 Å². The Balaban J connectivity index is 1.63. The molecule has 0 bridgehead atoms. The van der Waals surface area contributed by atoms with Gasteiger partial charge in [-0.15, -0.1) is 10.2 Å². The molecule has 144 valence electrons. The van der Waals surface area contributed by atoms with Crippen LogP contribution in [-0.2, 0) is 0 Å². The fourth-order valence-corrected chi connectivity index (χ4v) is 3.89. The zero-order chi connectivity index (χ0) is 20.4. The van der Waals surface area contributed by atoms with Gasteiger partial charge in [-0.1, -0.05) is 65.9 Å². The van der Waals surface area contributed by atoms with Crippen LogP contribution in [0, 0.1) is 6.92 Å². The number of phenols is 2. The minimum atomic E-state index is -0.312. The lowest BCUT2D eigenvalue weighted by Crippen LogP contribution is -2.03. The van der Waals surface area contributed by atoms with Crippen LogP contribution in [0.5, 0.6) is 11.5 Å². The van der Waals surface area contributed by atoms with Crippen molar-refractivity contribution in [2.24, 2.45) is 0 Å². The summed E-state index contributed by atoms with van der Waals surface area (Å²) in [5.74, 6) is -0.586. The maximum Gasteiger partial charge on any atom is 0.173 e. The van der Waals surface area contributed by atoms with Crippen LogP contribution in [0.15, 0.2) is 71.8 Å². The molecule has 0 saturated heterocycles. The number of Topliss-reactive ketones (excluding diaryl/α,β-unsaturated/α-hetero) is 1. The quantitative estimate of drug-likeness (QED) is 0.278. The highest BCUT2D eigenvalue weighted by Crippen LogP contribution is 2.32. The van der Waals surface area contributed by atoms with E-state index in [1.54, 1.807) is 0 Å². The summed E-state index contributed by atoms with van der Waals surface area (Å²) in [6.07, 6.45) is 0. The van der Waals surface area contributed by atoms with Crippen molar-refractivity contribution in [3.63, 3.8) is 0 Å². The molecule has 6 heteroatoms. The molecule has 0 spiro atoms. The first-order valence-corrected chi connectivity index (χ1v) is 10.0. The number of aryl methyl sites for hydroxylation is 1. The molecule has 0 radical (unpaired) electrons. The van der Waals surface area contributed by atoms with Crippen LogP contribution in [0.1, 0.15) is 15.9 Å².